The van der Waals surface area contributed by atoms with Crippen LogP contribution in [0.3, 0.4) is 0 Å². The molecule has 68 valence electrons. The summed E-state index contributed by atoms with van der Waals surface area (Å²) in [6, 6.07) is 2.04. The second-order valence-electron chi connectivity index (χ2n) is 2.77. The Morgan fingerprint density at radius 1 is 1.46 bits per heavy atom. The molecule has 1 atom stereocenters. The van der Waals surface area contributed by atoms with Crippen molar-refractivity contribution in [3.63, 3.8) is 0 Å². The number of thiazole rings is 1. The molecule has 0 fully saturated rings. The molecule has 1 unspecified atom stereocenters. The van der Waals surface area contributed by atoms with Crippen LogP contribution in [0.4, 0.5) is 0 Å². The Morgan fingerprint density at radius 3 is 2.85 bits per heavy atom. The molecule has 0 radical (unpaired) electrons. The van der Waals surface area contributed by atoms with E-state index in [9.17, 15) is 5.11 Å². The quantitative estimate of drug-likeness (QED) is 0.828. The van der Waals surface area contributed by atoms with E-state index >= 15 is 0 Å². The van der Waals surface area contributed by atoms with Crippen LogP contribution in [0.2, 0.25) is 0 Å². The van der Waals surface area contributed by atoms with Gasteiger partial charge in [-0.1, -0.05) is 0 Å². The van der Waals surface area contributed by atoms with Crippen molar-refractivity contribution in [1.29, 1.82) is 0 Å². The number of rotatable bonds is 2. The van der Waals surface area contributed by atoms with Crippen LogP contribution in [0.15, 0.2) is 22.2 Å². The zero-order valence-corrected chi connectivity index (χ0v) is 8.73. The number of aliphatic hydroxyl groups is 1. The highest BCUT2D eigenvalue weighted by Crippen LogP contribution is 2.27. The van der Waals surface area contributed by atoms with Crippen LogP contribution in [-0.2, 0) is 0 Å². The molecular weight excluding hydrogens is 202 g/mol. The molecule has 2 aromatic heterocycles. The van der Waals surface area contributed by atoms with Gasteiger partial charge in [-0.25, -0.2) is 4.98 Å². The Morgan fingerprint density at radius 2 is 2.31 bits per heavy atom. The molecule has 2 rings (SSSR count). The van der Waals surface area contributed by atoms with Crippen LogP contribution >= 0.6 is 22.7 Å². The van der Waals surface area contributed by atoms with Gasteiger partial charge in [-0.2, -0.15) is 11.3 Å². The summed E-state index contributed by atoms with van der Waals surface area (Å²) in [5, 5.41) is 16.3. The SMILES string of the molecule is CC(O)c1csc(-c2ccsc2)n1. The largest absolute Gasteiger partial charge is 0.387 e. The van der Waals surface area contributed by atoms with Crippen LogP contribution in [0.5, 0.6) is 0 Å². The van der Waals surface area contributed by atoms with Gasteiger partial charge in [0.1, 0.15) is 5.01 Å². The lowest BCUT2D eigenvalue weighted by Gasteiger charge is -1.95. The van der Waals surface area contributed by atoms with Crippen molar-refractivity contribution in [2.75, 3.05) is 0 Å². The minimum atomic E-state index is -0.469. The summed E-state index contributed by atoms with van der Waals surface area (Å²) in [5.41, 5.74) is 1.90. The molecule has 4 heteroatoms. The summed E-state index contributed by atoms with van der Waals surface area (Å²) in [5.74, 6) is 0. The predicted molar refractivity (Wildman–Crippen MR) is 56.1 cm³/mol. The van der Waals surface area contributed by atoms with Gasteiger partial charge in [0.05, 0.1) is 11.8 Å². The van der Waals surface area contributed by atoms with Crippen molar-refractivity contribution < 1.29 is 5.11 Å². The number of aromatic nitrogens is 1. The molecule has 0 saturated carbocycles. The third kappa shape index (κ3) is 1.80. The minimum absolute atomic E-state index is 0.469. The zero-order chi connectivity index (χ0) is 9.26. The van der Waals surface area contributed by atoms with Crippen molar-refractivity contribution in [2.45, 2.75) is 13.0 Å². The van der Waals surface area contributed by atoms with Gasteiger partial charge in [0.2, 0.25) is 0 Å². The lowest BCUT2D eigenvalue weighted by Crippen LogP contribution is -1.89. The molecule has 0 aromatic carbocycles. The third-order valence-electron chi connectivity index (χ3n) is 1.72. The second kappa shape index (κ2) is 3.57. The Labute approximate surface area is 84.5 Å². The van der Waals surface area contributed by atoms with Crippen molar-refractivity contribution in [3.05, 3.63) is 27.9 Å². The average molecular weight is 211 g/mol. The van der Waals surface area contributed by atoms with Crippen LogP contribution in [0, 0.1) is 0 Å². The molecule has 0 aliphatic rings. The fourth-order valence-corrected chi connectivity index (χ4v) is 2.62. The van der Waals surface area contributed by atoms with E-state index < -0.39 is 6.10 Å². The molecule has 2 nitrogen and oxygen atoms in total. The van der Waals surface area contributed by atoms with E-state index in [1.54, 1.807) is 29.6 Å². The van der Waals surface area contributed by atoms with Gasteiger partial charge in [0, 0.05) is 16.3 Å². The maximum absolute atomic E-state index is 9.28. The molecule has 1 N–H and O–H groups in total. The molecule has 13 heavy (non-hydrogen) atoms. The molecule has 0 aliphatic carbocycles. The van der Waals surface area contributed by atoms with Crippen molar-refractivity contribution in [3.8, 4) is 10.6 Å². The van der Waals surface area contributed by atoms with Gasteiger partial charge >= 0.3 is 0 Å². The Bertz CT molecular complexity index is 378. The van der Waals surface area contributed by atoms with E-state index in [0.29, 0.717) is 0 Å². The highest BCUT2D eigenvalue weighted by atomic mass is 32.1. The summed E-state index contributed by atoms with van der Waals surface area (Å²) in [7, 11) is 0. The lowest BCUT2D eigenvalue weighted by molar-refractivity contribution is 0.195. The number of nitrogens with zero attached hydrogens (tertiary/aromatic N) is 1. The van der Waals surface area contributed by atoms with Gasteiger partial charge in [0.25, 0.3) is 0 Å². The molecule has 0 spiro atoms. The lowest BCUT2D eigenvalue weighted by atomic mass is 10.3. The molecule has 0 amide bonds. The van der Waals surface area contributed by atoms with E-state index in [1.165, 1.54) is 0 Å². The van der Waals surface area contributed by atoms with Gasteiger partial charge in [-0.15, -0.1) is 11.3 Å². The Balaban J connectivity index is 2.33. The van der Waals surface area contributed by atoms with Gasteiger partial charge < -0.3 is 5.11 Å². The van der Waals surface area contributed by atoms with E-state index in [4.69, 9.17) is 0 Å². The average Bonchev–Trinajstić information content (AvgIpc) is 2.75. The number of thiophene rings is 1. The van der Waals surface area contributed by atoms with Crippen molar-refractivity contribution in [2.24, 2.45) is 0 Å². The number of aliphatic hydroxyl groups excluding tert-OH is 1. The smallest absolute Gasteiger partial charge is 0.124 e. The van der Waals surface area contributed by atoms with Crippen molar-refractivity contribution in [1.82, 2.24) is 4.98 Å². The first kappa shape index (κ1) is 8.87. The summed E-state index contributed by atoms with van der Waals surface area (Å²) >= 11 is 3.23. The molecule has 0 saturated heterocycles. The normalized spacial score (nSPS) is 13.1. The van der Waals surface area contributed by atoms with E-state index in [2.05, 4.69) is 10.4 Å². The molecule has 2 aromatic rings. The number of hydrogen-bond donors (Lipinski definition) is 1. The van der Waals surface area contributed by atoms with Crippen LogP contribution in [0.1, 0.15) is 18.7 Å². The van der Waals surface area contributed by atoms with Crippen LogP contribution in [-0.4, -0.2) is 10.1 Å². The fourth-order valence-electron chi connectivity index (χ4n) is 0.997. The van der Waals surface area contributed by atoms with Gasteiger partial charge in [0.15, 0.2) is 0 Å². The molecular formula is C9H9NOS2. The van der Waals surface area contributed by atoms with Crippen LogP contribution in [0.25, 0.3) is 10.6 Å². The zero-order valence-electron chi connectivity index (χ0n) is 7.10. The highest BCUT2D eigenvalue weighted by Gasteiger charge is 2.08. The first-order valence-electron chi connectivity index (χ1n) is 3.93. The van der Waals surface area contributed by atoms with E-state index in [1.807, 2.05) is 16.8 Å². The minimum Gasteiger partial charge on any atom is -0.387 e. The molecule has 2 heterocycles. The standard InChI is InChI=1S/C9H9NOS2/c1-6(11)8-5-13-9(10-8)7-2-3-12-4-7/h2-6,11H,1H3. The first-order chi connectivity index (χ1) is 6.27. The van der Waals surface area contributed by atoms with E-state index in [0.717, 1.165) is 16.3 Å². The number of hydrogen-bond acceptors (Lipinski definition) is 4. The highest BCUT2D eigenvalue weighted by molar-refractivity contribution is 7.14. The topological polar surface area (TPSA) is 33.1 Å². The van der Waals surface area contributed by atoms with E-state index in [-0.39, 0.29) is 0 Å². The predicted octanol–water partition coefficient (Wildman–Crippen LogP) is 2.92. The van der Waals surface area contributed by atoms with Gasteiger partial charge in [-0.05, 0) is 18.4 Å². The summed E-state index contributed by atoms with van der Waals surface area (Å²) < 4.78 is 0. The summed E-state index contributed by atoms with van der Waals surface area (Å²) in [6.07, 6.45) is -0.469. The third-order valence-corrected chi connectivity index (χ3v) is 3.31. The van der Waals surface area contributed by atoms with Crippen LogP contribution < -0.4 is 0 Å². The first-order valence-corrected chi connectivity index (χ1v) is 5.75. The Kier molecular flexibility index (Phi) is 2.44. The van der Waals surface area contributed by atoms with Gasteiger partial charge in [-0.3, -0.25) is 0 Å². The molecule has 0 bridgehead atoms. The monoisotopic (exact) mass is 211 g/mol. The molecule has 0 aliphatic heterocycles. The maximum atomic E-state index is 9.28. The summed E-state index contributed by atoms with van der Waals surface area (Å²) in [4.78, 5) is 4.33. The second-order valence-corrected chi connectivity index (χ2v) is 4.40. The summed E-state index contributed by atoms with van der Waals surface area (Å²) in [6.45, 7) is 1.73. The Hall–Kier alpha value is -0.710. The fraction of sp³-hybridized carbons (Fsp3) is 0.222. The van der Waals surface area contributed by atoms with Crippen molar-refractivity contribution >= 4 is 22.7 Å². The maximum Gasteiger partial charge on any atom is 0.124 e.